The van der Waals surface area contributed by atoms with Crippen LogP contribution in [-0.2, 0) is 9.59 Å². The summed E-state index contributed by atoms with van der Waals surface area (Å²) in [5.74, 6) is -0.447. The highest BCUT2D eigenvalue weighted by molar-refractivity contribution is 6.07. The number of aromatic nitrogens is 4. The van der Waals surface area contributed by atoms with E-state index in [1.807, 2.05) is 6.92 Å². The number of nitrogens with zero attached hydrogens (tertiary/aromatic N) is 4. The molecule has 0 bridgehead atoms. The fourth-order valence-corrected chi connectivity index (χ4v) is 2.64. The van der Waals surface area contributed by atoms with E-state index in [-0.39, 0.29) is 24.2 Å². The lowest BCUT2D eigenvalue weighted by molar-refractivity contribution is -0.127. The van der Waals surface area contributed by atoms with Crippen LogP contribution in [-0.4, -0.2) is 50.9 Å². The minimum absolute atomic E-state index is 0.0101. The Hall–Kier alpha value is -3.30. The largest absolute Gasteiger partial charge is 0.479 e. The van der Waals surface area contributed by atoms with Gasteiger partial charge in [-0.2, -0.15) is 5.21 Å². The highest BCUT2D eigenvalue weighted by atomic mass is 16.5. The van der Waals surface area contributed by atoms with Gasteiger partial charge in [0.25, 0.3) is 11.9 Å². The monoisotopic (exact) mass is 358 g/mol. The maximum Gasteiger partial charge on any atom is 0.269 e. The number of benzene rings is 1. The number of amides is 2. The molecule has 1 aliphatic rings. The molecule has 1 aliphatic heterocycles. The Balaban J connectivity index is 1.87. The summed E-state index contributed by atoms with van der Waals surface area (Å²) < 4.78 is 5.58. The van der Waals surface area contributed by atoms with E-state index in [1.54, 1.807) is 25.1 Å². The van der Waals surface area contributed by atoms with Crippen molar-refractivity contribution in [1.82, 2.24) is 20.6 Å². The van der Waals surface area contributed by atoms with Crippen LogP contribution >= 0.6 is 0 Å². The van der Waals surface area contributed by atoms with E-state index in [0.717, 1.165) is 6.42 Å². The molecule has 1 aromatic heterocycles. The molecule has 26 heavy (non-hydrogen) atoms. The van der Waals surface area contributed by atoms with E-state index in [9.17, 15) is 14.4 Å². The number of tetrazole rings is 1. The average molecular weight is 358 g/mol. The Labute approximate surface area is 148 Å². The molecule has 0 fully saturated rings. The minimum atomic E-state index is -0.738. The van der Waals surface area contributed by atoms with Crippen molar-refractivity contribution in [1.29, 1.82) is 0 Å². The SMILES string of the molecule is CCCC(=O)c1ccc2c(c1)N(CC(=O)Nc1nn[nH]n1)C(=O)C(C)O2. The summed E-state index contributed by atoms with van der Waals surface area (Å²) in [5, 5.41) is 15.3. The number of carbonyl (C=O) groups excluding carboxylic acids is 3. The Morgan fingerprint density at radius 2 is 2.19 bits per heavy atom. The van der Waals surface area contributed by atoms with Gasteiger partial charge in [0.2, 0.25) is 5.91 Å². The third kappa shape index (κ3) is 3.53. The van der Waals surface area contributed by atoms with E-state index in [1.165, 1.54) is 4.90 Å². The average Bonchev–Trinajstić information content (AvgIpc) is 3.11. The summed E-state index contributed by atoms with van der Waals surface area (Å²) in [7, 11) is 0. The smallest absolute Gasteiger partial charge is 0.269 e. The van der Waals surface area contributed by atoms with Crippen molar-refractivity contribution < 1.29 is 19.1 Å². The van der Waals surface area contributed by atoms with Crippen LogP contribution in [0.25, 0.3) is 0 Å². The van der Waals surface area contributed by atoms with Crippen LogP contribution in [0.2, 0.25) is 0 Å². The van der Waals surface area contributed by atoms with Crippen molar-refractivity contribution in [3.8, 4) is 5.75 Å². The molecular weight excluding hydrogens is 340 g/mol. The molecule has 2 heterocycles. The molecule has 0 saturated heterocycles. The molecule has 2 amide bonds. The topological polar surface area (TPSA) is 130 Å². The molecule has 10 nitrogen and oxygen atoms in total. The molecule has 136 valence electrons. The molecule has 0 saturated carbocycles. The predicted octanol–water partition coefficient (Wildman–Crippen LogP) is 0.935. The molecule has 2 N–H and O–H groups in total. The zero-order valence-electron chi connectivity index (χ0n) is 14.4. The van der Waals surface area contributed by atoms with Gasteiger partial charge in [-0.25, -0.2) is 0 Å². The number of hydrogen-bond acceptors (Lipinski definition) is 7. The normalized spacial score (nSPS) is 16.0. The first-order valence-electron chi connectivity index (χ1n) is 8.18. The first-order valence-corrected chi connectivity index (χ1v) is 8.18. The third-order valence-electron chi connectivity index (χ3n) is 3.86. The third-order valence-corrected chi connectivity index (χ3v) is 3.86. The first kappa shape index (κ1) is 17.5. The highest BCUT2D eigenvalue weighted by Crippen LogP contribution is 2.35. The molecule has 0 spiro atoms. The van der Waals surface area contributed by atoms with Crippen molar-refractivity contribution in [3.05, 3.63) is 23.8 Å². The summed E-state index contributed by atoms with van der Waals surface area (Å²) in [6, 6.07) is 4.89. The van der Waals surface area contributed by atoms with E-state index >= 15 is 0 Å². The Morgan fingerprint density at radius 1 is 1.38 bits per heavy atom. The lowest BCUT2D eigenvalue weighted by Crippen LogP contribution is -2.47. The Morgan fingerprint density at radius 3 is 2.88 bits per heavy atom. The van der Waals surface area contributed by atoms with E-state index in [2.05, 4.69) is 25.9 Å². The molecular formula is C16H18N6O4. The van der Waals surface area contributed by atoms with Crippen molar-refractivity contribution in [2.75, 3.05) is 16.8 Å². The van der Waals surface area contributed by atoms with Crippen molar-refractivity contribution in [3.63, 3.8) is 0 Å². The molecule has 0 radical (unpaired) electrons. The van der Waals surface area contributed by atoms with Gasteiger partial charge in [-0.05, 0) is 36.8 Å². The van der Waals surface area contributed by atoms with E-state index in [4.69, 9.17) is 4.74 Å². The predicted molar refractivity (Wildman–Crippen MR) is 90.9 cm³/mol. The second-order valence-corrected chi connectivity index (χ2v) is 5.82. The lowest BCUT2D eigenvalue weighted by atomic mass is 10.0. The van der Waals surface area contributed by atoms with Crippen LogP contribution in [0.15, 0.2) is 18.2 Å². The summed E-state index contributed by atoms with van der Waals surface area (Å²) in [6.07, 6.45) is 0.388. The number of aromatic amines is 1. The number of anilines is 2. The first-order chi connectivity index (χ1) is 12.5. The number of H-pyrrole nitrogens is 1. The lowest BCUT2D eigenvalue weighted by Gasteiger charge is -2.32. The van der Waals surface area contributed by atoms with Gasteiger partial charge in [0.1, 0.15) is 12.3 Å². The summed E-state index contributed by atoms with van der Waals surface area (Å²) in [4.78, 5) is 38.2. The molecule has 0 aliphatic carbocycles. The van der Waals surface area contributed by atoms with Crippen LogP contribution < -0.4 is 15.0 Å². The molecule has 3 rings (SSSR count). The van der Waals surface area contributed by atoms with Crippen LogP contribution in [0.4, 0.5) is 11.6 Å². The van der Waals surface area contributed by atoms with Gasteiger partial charge in [0.15, 0.2) is 11.9 Å². The van der Waals surface area contributed by atoms with E-state index < -0.39 is 12.0 Å². The standard InChI is InChI=1S/C16H18N6O4/c1-3-4-12(23)10-5-6-13-11(7-10)22(15(25)9(2)26-13)8-14(24)17-16-18-20-21-19-16/h5-7,9H,3-4,8H2,1-2H3,(H2,17,18,19,20,21,24). The van der Waals surface area contributed by atoms with Crippen LogP contribution in [0, 0.1) is 0 Å². The maximum absolute atomic E-state index is 12.5. The number of carbonyl (C=O) groups is 3. The van der Waals surface area contributed by atoms with Gasteiger partial charge in [0.05, 0.1) is 5.69 Å². The zero-order valence-corrected chi connectivity index (χ0v) is 14.4. The number of rotatable bonds is 6. The molecule has 1 aromatic carbocycles. The van der Waals surface area contributed by atoms with Gasteiger partial charge >= 0.3 is 0 Å². The van der Waals surface area contributed by atoms with Crippen molar-refractivity contribution >= 4 is 29.2 Å². The number of ether oxygens (including phenoxy) is 1. The van der Waals surface area contributed by atoms with Gasteiger partial charge in [-0.15, -0.1) is 5.10 Å². The summed E-state index contributed by atoms with van der Waals surface area (Å²) >= 11 is 0. The number of ketones is 1. The van der Waals surface area contributed by atoms with Gasteiger partial charge < -0.3 is 4.74 Å². The van der Waals surface area contributed by atoms with Crippen LogP contribution in [0.3, 0.4) is 0 Å². The number of fused-ring (bicyclic) bond motifs is 1. The zero-order chi connectivity index (χ0) is 18.7. The van der Waals surface area contributed by atoms with Gasteiger partial charge in [-0.1, -0.05) is 12.0 Å². The van der Waals surface area contributed by atoms with Gasteiger partial charge in [0, 0.05) is 12.0 Å². The fraction of sp³-hybridized carbons (Fsp3) is 0.375. The maximum atomic E-state index is 12.5. The van der Waals surface area contributed by atoms with Crippen molar-refractivity contribution in [2.45, 2.75) is 32.8 Å². The number of hydrogen-bond donors (Lipinski definition) is 2. The number of nitrogens with one attached hydrogen (secondary N) is 2. The quantitative estimate of drug-likeness (QED) is 0.735. The molecule has 10 heteroatoms. The summed E-state index contributed by atoms with van der Waals surface area (Å²) in [5.41, 5.74) is 0.860. The fourth-order valence-electron chi connectivity index (χ4n) is 2.64. The number of Topliss-reactive ketones (excluding diaryl/α,β-unsaturated/α-hetero) is 1. The van der Waals surface area contributed by atoms with Crippen LogP contribution in [0.5, 0.6) is 5.75 Å². The highest BCUT2D eigenvalue weighted by Gasteiger charge is 2.33. The second kappa shape index (κ2) is 7.30. The minimum Gasteiger partial charge on any atom is -0.479 e. The van der Waals surface area contributed by atoms with Crippen molar-refractivity contribution in [2.24, 2.45) is 0 Å². The van der Waals surface area contributed by atoms with Gasteiger partial charge in [-0.3, -0.25) is 24.6 Å². The summed E-state index contributed by atoms with van der Waals surface area (Å²) in [6.45, 7) is 3.25. The Kier molecular flexibility index (Phi) is 4.92. The molecule has 1 atom stereocenters. The van der Waals surface area contributed by atoms with Crippen LogP contribution in [0.1, 0.15) is 37.0 Å². The Bertz CT molecular complexity index is 835. The molecule has 1 unspecified atom stereocenters. The van der Waals surface area contributed by atoms with E-state index in [0.29, 0.717) is 23.4 Å². The molecule has 2 aromatic rings. The second-order valence-electron chi connectivity index (χ2n) is 5.82.